The predicted molar refractivity (Wildman–Crippen MR) is 69.3 cm³/mol. The van der Waals surface area contributed by atoms with Crippen molar-refractivity contribution >= 4 is 17.6 Å². The Hall–Kier alpha value is -2.46. The number of aliphatic carboxylic acids is 1. The molecule has 0 aliphatic rings. The average Bonchev–Trinajstić information content (AvgIpc) is 2.40. The number of carbonyl (C=O) groups is 2. The van der Waals surface area contributed by atoms with Crippen LogP contribution in [0, 0.1) is 24.1 Å². The van der Waals surface area contributed by atoms with Crippen molar-refractivity contribution in [2.45, 2.75) is 25.8 Å². The first-order chi connectivity index (χ1) is 9.35. The van der Waals surface area contributed by atoms with Gasteiger partial charge >= 0.3 is 5.97 Å². The molecule has 20 heavy (non-hydrogen) atoms. The van der Waals surface area contributed by atoms with Crippen LogP contribution in [0.15, 0.2) is 12.1 Å². The van der Waals surface area contributed by atoms with Gasteiger partial charge in [0.1, 0.15) is 5.82 Å². The van der Waals surface area contributed by atoms with E-state index in [0.29, 0.717) is 0 Å². The average molecular weight is 279 g/mol. The van der Waals surface area contributed by atoms with Gasteiger partial charge in [0.25, 0.3) is 0 Å². The van der Waals surface area contributed by atoms with E-state index in [4.69, 9.17) is 16.1 Å². The quantitative estimate of drug-likeness (QED) is 0.747. The molecule has 1 amide bonds. The Kier molecular flexibility index (Phi) is 5.17. The molecule has 1 atom stereocenters. The van der Waals surface area contributed by atoms with Gasteiger partial charge in [-0.1, -0.05) is 0 Å². The molecular weight excluding hydrogens is 265 g/mol. The van der Waals surface area contributed by atoms with Crippen LogP contribution >= 0.6 is 0 Å². The zero-order valence-electron chi connectivity index (χ0n) is 10.8. The number of anilines is 1. The first kappa shape index (κ1) is 15.6. The third-order valence-corrected chi connectivity index (χ3v) is 2.74. The number of carboxylic acid groups (broad SMARTS) is 1. The number of hydrogen-bond acceptors (Lipinski definition) is 4. The van der Waals surface area contributed by atoms with Gasteiger partial charge in [-0.3, -0.25) is 9.59 Å². The molecule has 6 nitrogen and oxygen atoms in total. The highest BCUT2D eigenvalue weighted by Gasteiger charge is 2.17. The van der Waals surface area contributed by atoms with Crippen molar-refractivity contribution in [1.29, 1.82) is 5.26 Å². The van der Waals surface area contributed by atoms with Gasteiger partial charge in [-0.25, -0.2) is 4.39 Å². The molecule has 7 heteroatoms. The Labute approximate surface area is 115 Å². The topological polar surface area (TPSA) is 116 Å². The standard InChI is InChI=1S/C13H14FN3O3/c1-7-9(14)4-8(6-15)5-11(7)17-13(20)10(16)2-3-12(18)19/h4-5,10H,2-3,16H2,1H3,(H,17,20)(H,18,19). The van der Waals surface area contributed by atoms with E-state index in [1.165, 1.54) is 13.0 Å². The van der Waals surface area contributed by atoms with E-state index in [1.807, 2.05) is 0 Å². The van der Waals surface area contributed by atoms with Crippen LogP contribution in [0.25, 0.3) is 0 Å². The molecule has 4 N–H and O–H groups in total. The zero-order chi connectivity index (χ0) is 15.3. The predicted octanol–water partition coefficient (Wildman–Crippen LogP) is 1.14. The van der Waals surface area contributed by atoms with Crippen molar-refractivity contribution in [2.75, 3.05) is 5.32 Å². The molecule has 1 rings (SSSR count). The second kappa shape index (κ2) is 6.63. The fourth-order valence-electron chi connectivity index (χ4n) is 1.51. The lowest BCUT2D eigenvalue weighted by atomic mass is 10.1. The maximum Gasteiger partial charge on any atom is 0.303 e. The molecule has 1 aromatic rings. The van der Waals surface area contributed by atoms with Gasteiger partial charge < -0.3 is 16.2 Å². The van der Waals surface area contributed by atoms with E-state index >= 15 is 0 Å². The van der Waals surface area contributed by atoms with E-state index in [-0.39, 0.29) is 29.7 Å². The summed E-state index contributed by atoms with van der Waals surface area (Å²) >= 11 is 0. The fraction of sp³-hybridized carbons (Fsp3) is 0.308. The lowest BCUT2D eigenvalue weighted by molar-refractivity contribution is -0.137. The number of nitriles is 1. The molecule has 0 fully saturated rings. The van der Waals surface area contributed by atoms with Crippen LogP contribution in [-0.4, -0.2) is 23.0 Å². The van der Waals surface area contributed by atoms with Crippen molar-refractivity contribution in [3.63, 3.8) is 0 Å². The van der Waals surface area contributed by atoms with E-state index < -0.39 is 23.7 Å². The van der Waals surface area contributed by atoms with E-state index in [0.717, 1.165) is 6.07 Å². The van der Waals surface area contributed by atoms with Crippen LogP contribution in [0.2, 0.25) is 0 Å². The SMILES string of the molecule is Cc1c(F)cc(C#N)cc1NC(=O)C(N)CCC(=O)O. The Balaban J connectivity index is 2.83. The monoisotopic (exact) mass is 279 g/mol. The lowest BCUT2D eigenvalue weighted by Crippen LogP contribution is -2.36. The summed E-state index contributed by atoms with van der Waals surface area (Å²) in [6.45, 7) is 1.45. The van der Waals surface area contributed by atoms with Gasteiger partial charge in [-0.05, 0) is 25.5 Å². The van der Waals surface area contributed by atoms with E-state index in [2.05, 4.69) is 5.32 Å². The van der Waals surface area contributed by atoms with Crippen LogP contribution in [0.1, 0.15) is 24.0 Å². The lowest BCUT2D eigenvalue weighted by Gasteiger charge is -2.13. The molecule has 1 unspecified atom stereocenters. The maximum atomic E-state index is 13.5. The Morgan fingerprint density at radius 3 is 2.75 bits per heavy atom. The molecule has 0 aromatic heterocycles. The largest absolute Gasteiger partial charge is 0.481 e. The summed E-state index contributed by atoms with van der Waals surface area (Å²) in [4.78, 5) is 22.1. The first-order valence-corrected chi connectivity index (χ1v) is 5.83. The van der Waals surface area contributed by atoms with Gasteiger partial charge in [-0.15, -0.1) is 0 Å². The number of nitrogens with one attached hydrogen (secondary N) is 1. The maximum absolute atomic E-state index is 13.5. The van der Waals surface area contributed by atoms with Crippen LogP contribution in [0.4, 0.5) is 10.1 Å². The highest BCUT2D eigenvalue weighted by Crippen LogP contribution is 2.20. The number of nitrogens with zero attached hydrogens (tertiary/aromatic N) is 1. The van der Waals surface area contributed by atoms with Crippen molar-refractivity contribution in [2.24, 2.45) is 5.73 Å². The van der Waals surface area contributed by atoms with Crippen molar-refractivity contribution in [1.82, 2.24) is 0 Å². The highest BCUT2D eigenvalue weighted by molar-refractivity contribution is 5.95. The number of hydrogen-bond donors (Lipinski definition) is 3. The number of amides is 1. The van der Waals surface area contributed by atoms with Crippen LogP contribution in [0.3, 0.4) is 0 Å². The minimum atomic E-state index is -1.05. The second-order valence-corrected chi connectivity index (χ2v) is 4.27. The van der Waals surface area contributed by atoms with Crippen LogP contribution in [0.5, 0.6) is 0 Å². The van der Waals surface area contributed by atoms with Gasteiger partial charge in [0.15, 0.2) is 0 Å². The Bertz CT molecular complexity index is 581. The summed E-state index contributed by atoms with van der Waals surface area (Å²) in [5.74, 6) is -2.29. The Morgan fingerprint density at radius 1 is 1.55 bits per heavy atom. The summed E-state index contributed by atoms with van der Waals surface area (Å²) in [7, 11) is 0. The molecular formula is C13H14FN3O3. The molecule has 0 aliphatic heterocycles. The fourth-order valence-corrected chi connectivity index (χ4v) is 1.51. The van der Waals surface area contributed by atoms with Crippen molar-refractivity contribution in [3.8, 4) is 6.07 Å². The van der Waals surface area contributed by atoms with E-state index in [9.17, 15) is 14.0 Å². The minimum Gasteiger partial charge on any atom is -0.481 e. The summed E-state index contributed by atoms with van der Waals surface area (Å²) in [6, 6.07) is 3.16. The van der Waals surface area contributed by atoms with Gasteiger partial charge in [0, 0.05) is 17.7 Å². The molecule has 0 saturated carbocycles. The second-order valence-electron chi connectivity index (χ2n) is 4.27. The van der Waals surface area contributed by atoms with Crippen LogP contribution < -0.4 is 11.1 Å². The minimum absolute atomic E-state index is 0.0271. The van der Waals surface area contributed by atoms with Crippen molar-refractivity contribution < 1.29 is 19.1 Å². The molecule has 1 aromatic carbocycles. The number of benzene rings is 1. The van der Waals surface area contributed by atoms with E-state index in [1.54, 1.807) is 6.07 Å². The summed E-state index contributed by atoms with van der Waals surface area (Å²) < 4.78 is 13.5. The summed E-state index contributed by atoms with van der Waals surface area (Å²) in [6.07, 6.45) is -0.263. The Morgan fingerprint density at radius 2 is 2.20 bits per heavy atom. The zero-order valence-corrected chi connectivity index (χ0v) is 10.8. The molecule has 0 radical (unpaired) electrons. The van der Waals surface area contributed by atoms with Crippen LogP contribution in [-0.2, 0) is 9.59 Å². The first-order valence-electron chi connectivity index (χ1n) is 5.83. The van der Waals surface area contributed by atoms with Crippen molar-refractivity contribution in [3.05, 3.63) is 29.1 Å². The molecule has 0 bridgehead atoms. The number of nitrogens with two attached hydrogens (primary N) is 1. The van der Waals surface area contributed by atoms with Gasteiger partial charge in [-0.2, -0.15) is 5.26 Å². The van der Waals surface area contributed by atoms with Gasteiger partial charge in [0.05, 0.1) is 17.7 Å². The molecule has 0 heterocycles. The smallest absolute Gasteiger partial charge is 0.303 e. The number of carboxylic acids is 1. The number of rotatable bonds is 5. The normalized spacial score (nSPS) is 11.5. The molecule has 0 spiro atoms. The third-order valence-electron chi connectivity index (χ3n) is 2.74. The molecule has 106 valence electrons. The summed E-state index contributed by atoms with van der Waals surface area (Å²) in [5.41, 5.74) is 5.94. The molecule has 0 saturated heterocycles. The number of halogens is 1. The van der Waals surface area contributed by atoms with Gasteiger partial charge in [0.2, 0.25) is 5.91 Å². The third kappa shape index (κ3) is 4.03. The highest BCUT2D eigenvalue weighted by atomic mass is 19.1. The number of carbonyl (C=O) groups excluding carboxylic acids is 1. The molecule has 0 aliphatic carbocycles. The summed E-state index contributed by atoms with van der Waals surface area (Å²) in [5, 5.41) is 19.7.